The first-order chi connectivity index (χ1) is 9.70. The van der Waals surface area contributed by atoms with Gasteiger partial charge in [-0.15, -0.1) is 6.58 Å². The van der Waals surface area contributed by atoms with Gasteiger partial charge in [-0.05, 0) is 37.9 Å². The van der Waals surface area contributed by atoms with Crippen molar-refractivity contribution in [1.29, 1.82) is 0 Å². The van der Waals surface area contributed by atoms with Gasteiger partial charge in [0.2, 0.25) is 5.91 Å². The second-order valence-corrected chi connectivity index (χ2v) is 5.13. The van der Waals surface area contributed by atoms with Crippen LogP contribution in [-0.2, 0) is 4.79 Å². The predicted octanol–water partition coefficient (Wildman–Crippen LogP) is 1.47. The zero-order valence-electron chi connectivity index (χ0n) is 11.6. The van der Waals surface area contributed by atoms with Crippen molar-refractivity contribution in [3.05, 3.63) is 36.8 Å². The number of amides is 1. The minimum Gasteiger partial charge on any atom is -0.467 e. The monoisotopic (exact) mass is 278 g/mol. The molecule has 110 valence electrons. The molecule has 1 aliphatic heterocycles. The molecule has 0 bridgehead atoms. The summed E-state index contributed by atoms with van der Waals surface area (Å²) in [6.45, 7) is 5.35. The van der Waals surface area contributed by atoms with E-state index in [1.165, 1.54) is 0 Å². The summed E-state index contributed by atoms with van der Waals surface area (Å²) in [5.74, 6) is 0.595. The number of carbonyl (C=O) groups is 1. The first kappa shape index (κ1) is 14.8. The number of likely N-dealkylation sites (tertiary alicyclic amines) is 1. The minimum atomic E-state index is -0.605. The van der Waals surface area contributed by atoms with E-state index >= 15 is 0 Å². The van der Waals surface area contributed by atoms with Gasteiger partial charge < -0.3 is 14.8 Å². The van der Waals surface area contributed by atoms with E-state index < -0.39 is 6.10 Å². The van der Waals surface area contributed by atoms with Crippen LogP contribution in [0.3, 0.4) is 0 Å². The Morgan fingerprint density at radius 1 is 1.70 bits per heavy atom. The third kappa shape index (κ3) is 3.95. The molecule has 20 heavy (non-hydrogen) atoms. The minimum absolute atomic E-state index is 0.00397. The lowest BCUT2D eigenvalue weighted by Crippen LogP contribution is -2.40. The zero-order chi connectivity index (χ0) is 14.4. The van der Waals surface area contributed by atoms with Crippen LogP contribution in [0.5, 0.6) is 0 Å². The molecule has 2 heterocycles. The van der Waals surface area contributed by atoms with Crippen LogP contribution in [0.2, 0.25) is 0 Å². The van der Waals surface area contributed by atoms with Gasteiger partial charge in [0.1, 0.15) is 11.9 Å². The number of aliphatic hydroxyl groups excluding tert-OH is 1. The van der Waals surface area contributed by atoms with E-state index in [4.69, 9.17) is 4.42 Å². The first-order valence-corrected chi connectivity index (χ1v) is 7.04. The molecule has 1 saturated heterocycles. The quantitative estimate of drug-likeness (QED) is 0.741. The van der Waals surface area contributed by atoms with Crippen LogP contribution < -0.4 is 5.32 Å². The van der Waals surface area contributed by atoms with Crippen molar-refractivity contribution in [2.24, 2.45) is 0 Å². The van der Waals surface area contributed by atoms with E-state index in [1.54, 1.807) is 24.5 Å². The summed E-state index contributed by atoms with van der Waals surface area (Å²) < 4.78 is 5.22. The van der Waals surface area contributed by atoms with Crippen LogP contribution in [-0.4, -0.2) is 41.6 Å². The number of rotatable bonds is 7. The van der Waals surface area contributed by atoms with Crippen molar-refractivity contribution in [3.63, 3.8) is 0 Å². The highest BCUT2D eigenvalue weighted by Crippen LogP contribution is 2.27. The highest BCUT2D eigenvalue weighted by atomic mass is 16.4. The van der Waals surface area contributed by atoms with E-state index in [0.29, 0.717) is 25.3 Å². The third-order valence-electron chi connectivity index (χ3n) is 3.66. The van der Waals surface area contributed by atoms with Crippen molar-refractivity contribution in [1.82, 2.24) is 10.2 Å². The highest BCUT2D eigenvalue weighted by Gasteiger charge is 2.29. The summed E-state index contributed by atoms with van der Waals surface area (Å²) in [7, 11) is 0. The van der Waals surface area contributed by atoms with Gasteiger partial charge in [0.05, 0.1) is 12.8 Å². The molecule has 2 unspecified atom stereocenters. The lowest BCUT2D eigenvalue weighted by Gasteiger charge is -2.25. The lowest BCUT2D eigenvalue weighted by atomic mass is 10.1. The SMILES string of the molecule is C=CCNC(=O)CN1CCCC1CC(O)c1ccco1. The molecule has 2 rings (SSSR count). The van der Waals surface area contributed by atoms with Crippen molar-refractivity contribution in [2.45, 2.75) is 31.4 Å². The molecule has 1 amide bonds. The molecule has 0 saturated carbocycles. The first-order valence-electron chi connectivity index (χ1n) is 7.04. The molecule has 5 nitrogen and oxygen atoms in total. The Balaban J connectivity index is 1.84. The molecule has 0 spiro atoms. The molecular weight excluding hydrogens is 256 g/mol. The summed E-state index contributed by atoms with van der Waals surface area (Å²) in [5, 5.41) is 12.9. The Labute approximate surface area is 119 Å². The second-order valence-electron chi connectivity index (χ2n) is 5.13. The maximum Gasteiger partial charge on any atom is 0.234 e. The smallest absolute Gasteiger partial charge is 0.234 e. The van der Waals surface area contributed by atoms with E-state index in [0.717, 1.165) is 19.4 Å². The molecule has 1 aromatic heterocycles. The molecule has 0 radical (unpaired) electrons. The van der Waals surface area contributed by atoms with E-state index in [1.807, 2.05) is 0 Å². The third-order valence-corrected chi connectivity index (χ3v) is 3.66. The summed E-state index contributed by atoms with van der Waals surface area (Å²) in [5.41, 5.74) is 0. The van der Waals surface area contributed by atoms with Gasteiger partial charge in [-0.2, -0.15) is 0 Å². The van der Waals surface area contributed by atoms with Crippen LogP contribution in [0.1, 0.15) is 31.1 Å². The average Bonchev–Trinajstić information content (AvgIpc) is 3.08. The number of furan rings is 1. The Kier molecular flexibility index (Phi) is 5.38. The van der Waals surface area contributed by atoms with Gasteiger partial charge in [-0.3, -0.25) is 9.69 Å². The maximum absolute atomic E-state index is 11.7. The zero-order valence-corrected chi connectivity index (χ0v) is 11.6. The molecular formula is C15H22N2O3. The van der Waals surface area contributed by atoms with Gasteiger partial charge in [0.25, 0.3) is 0 Å². The fourth-order valence-electron chi connectivity index (χ4n) is 2.65. The van der Waals surface area contributed by atoms with Crippen LogP contribution in [0.4, 0.5) is 0 Å². The van der Waals surface area contributed by atoms with Gasteiger partial charge in [0.15, 0.2) is 0 Å². The normalized spacial score (nSPS) is 20.8. The highest BCUT2D eigenvalue weighted by molar-refractivity contribution is 5.78. The van der Waals surface area contributed by atoms with Crippen LogP contribution in [0.25, 0.3) is 0 Å². The summed E-state index contributed by atoms with van der Waals surface area (Å²) in [4.78, 5) is 13.9. The van der Waals surface area contributed by atoms with Crippen molar-refractivity contribution >= 4 is 5.91 Å². The predicted molar refractivity (Wildman–Crippen MR) is 76.1 cm³/mol. The number of aliphatic hydroxyl groups is 1. The van der Waals surface area contributed by atoms with Crippen molar-refractivity contribution in [3.8, 4) is 0 Å². The Morgan fingerprint density at radius 2 is 2.55 bits per heavy atom. The van der Waals surface area contributed by atoms with E-state index in [2.05, 4.69) is 16.8 Å². The molecule has 1 fully saturated rings. The van der Waals surface area contributed by atoms with Crippen LogP contribution >= 0.6 is 0 Å². The number of nitrogens with one attached hydrogen (secondary N) is 1. The number of hydrogen-bond acceptors (Lipinski definition) is 4. The van der Waals surface area contributed by atoms with Crippen LogP contribution in [0, 0.1) is 0 Å². The van der Waals surface area contributed by atoms with Gasteiger partial charge >= 0.3 is 0 Å². The van der Waals surface area contributed by atoms with Crippen molar-refractivity contribution < 1.29 is 14.3 Å². The topological polar surface area (TPSA) is 65.7 Å². The Morgan fingerprint density at radius 3 is 3.25 bits per heavy atom. The standard InChI is InChI=1S/C15H22N2O3/c1-2-7-16-15(19)11-17-8-3-5-12(17)10-13(18)14-6-4-9-20-14/h2,4,6,9,12-13,18H,1,3,5,7-8,10-11H2,(H,16,19). The van der Waals surface area contributed by atoms with Crippen LogP contribution in [0.15, 0.2) is 35.5 Å². The number of hydrogen-bond donors (Lipinski definition) is 2. The van der Waals surface area contributed by atoms with Gasteiger partial charge in [0, 0.05) is 12.6 Å². The fourth-order valence-corrected chi connectivity index (χ4v) is 2.65. The molecule has 0 aromatic carbocycles. The lowest BCUT2D eigenvalue weighted by molar-refractivity contribution is -0.122. The summed E-state index contributed by atoms with van der Waals surface area (Å²) >= 11 is 0. The fraction of sp³-hybridized carbons (Fsp3) is 0.533. The Hall–Kier alpha value is -1.59. The van der Waals surface area contributed by atoms with Gasteiger partial charge in [-0.25, -0.2) is 0 Å². The molecule has 1 aliphatic rings. The summed E-state index contributed by atoms with van der Waals surface area (Å²) in [6, 6.07) is 3.78. The largest absolute Gasteiger partial charge is 0.467 e. The Bertz CT molecular complexity index is 430. The van der Waals surface area contributed by atoms with E-state index in [-0.39, 0.29) is 11.9 Å². The van der Waals surface area contributed by atoms with E-state index in [9.17, 15) is 9.90 Å². The second kappa shape index (κ2) is 7.26. The number of nitrogens with zero attached hydrogens (tertiary/aromatic N) is 1. The van der Waals surface area contributed by atoms with Crippen molar-refractivity contribution in [2.75, 3.05) is 19.6 Å². The molecule has 2 atom stereocenters. The average molecular weight is 278 g/mol. The molecule has 1 aromatic rings. The summed E-state index contributed by atoms with van der Waals surface area (Å²) in [6.07, 6.45) is 5.29. The van der Waals surface area contributed by atoms with Gasteiger partial charge in [-0.1, -0.05) is 6.08 Å². The molecule has 0 aliphatic carbocycles. The number of carbonyl (C=O) groups excluding carboxylic acids is 1. The molecule has 2 N–H and O–H groups in total. The molecule has 5 heteroatoms. The maximum atomic E-state index is 11.7.